The SMILES string of the molecule is CN(C)CCCN1C(=S)N[C@H](c2ccccn2)[C@H]1c1ccc(-c2ccc(C(=O)O)cc2)o1. The second-order valence-electron chi connectivity index (χ2n) is 8.06. The zero-order valence-electron chi connectivity index (χ0n) is 18.1. The Kier molecular flexibility index (Phi) is 6.53. The van der Waals surface area contributed by atoms with Gasteiger partial charge in [-0.2, -0.15) is 0 Å². The average molecular weight is 451 g/mol. The molecular formula is C24H26N4O3S. The highest BCUT2D eigenvalue weighted by molar-refractivity contribution is 7.80. The molecule has 1 aliphatic rings. The Balaban J connectivity index is 1.64. The van der Waals surface area contributed by atoms with Gasteiger partial charge in [0.05, 0.1) is 17.3 Å². The molecule has 4 rings (SSSR count). The number of furan rings is 1. The topological polar surface area (TPSA) is 81.8 Å². The highest BCUT2D eigenvalue weighted by Crippen LogP contribution is 2.40. The Hall–Kier alpha value is -3.23. The third-order valence-electron chi connectivity index (χ3n) is 5.54. The van der Waals surface area contributed by atoms with Gasteiger partial charge in [-0.3, -0.25) is 4.98 Å². The molecule has 1 aromatic carbocycles. The van der Waals surface area contributed by atoms with Gasteiger partial charge in [0.15, 0.2) is 5.11 Å². The van der Waals surface area contributed by atoms with E-state index in [1.807, 2.05) is 30.3 Å². The van der Waals surface area contributed by atoms with Crippen molar-refractivity contribution in [1.29, 1.82) is 0 Å². The Morgan fingerprint density at radius 3 is 2.62 bits per heavy atom. The van der Waals surface area contributed by atoms with Crippen molar-refractivity contribution in [3.05, 3.63) is 77.8 Å². The number of nitrogens with zero attached hydrogens (tertiary/aromatic N) is 3. The van der Waals surface area contributed by atoms with E-state index in [-0.39, 0.29) is 17.6 Å². The van der Waals surface area contributed by atoms with Gasteiger partial charge in [-0.15, -0.1) is 0 Å². The van der Waals surface area contributed by atoms with Gasteiger partial charge >= 0.3 is 5.97 Å². The number of carboxylic acid groups (broad SMARTS) is 1. The van der Waals surface area contributed by atoms with Crippen molar-refractivity contribution < 1.29 is 14.3 Å². The van der Waals surface area contributed by atoms with Crippen molar-refractivity contribution in [3.8, 4) is 11.3 Å². The molecule has 2 aromatic heterocycles. The molecule has 0 saturated carbocycles. The molecule has 0 aliphatic carbocycles. The van der Waals surface area contributed by atoms with Gasteiger partial charge in [-0.25, -0.2) is 4.79 Å². The second-order valence-corrected chi connectivity index (χ2v) is 8.45. The number of rotatable bonds is 8. The molecule has 3 aromatic rings. The predicted octanol–water partition coefficient (Wildman–Crippen LogP) is 3.96. The number of thiocarbonyl (C=S) groups is 1. The highest BCUT2D eigenvalue weighted by Gasteiger charge is 2.41. The lowest BCUT2D eigenvalue weighted by molar-refractivity contribution is 0.0697. The molecule has 8 heteroatoms. The number of nitrogens with one attached hydrogen (secondary N) is 1. The van der Waals surface area contributed by atoms with Gasteiger partial charge in [-0.1, -0.05) is 18.2 Å². The van der Waals surface area contributed by atoms with Crippen molar-refractivity contribution in [2.24, 2.45) is 0 Å². The number of carboxylic acids is 1. The minimum absolute atomic E-state index is 0.128. The first-order chi connectivity index (χ1) is 15.4. The van der Waals surface area contributed by atoms with E-state index in [4.69, 9.17) is 21.7 Å². The van der Waals surface area contributed by atoms with E-state index in [0.29, 0.717) is 10.9 Å². The minimum Gasteiger partial charge on any atom is -0.478 e. The van der Waals surface area contributed by atoms with Crippen LogP contribution in [-0.4, -0.2) is 58.2 Å². The Bertz CT molecular complexity index is 1080. The summed E-state index contributed by atoms with van der Waals surface area (Å²) in [5.74, 6) is 0.520. The fraction of sp³-hybridized carbons (Fsp3) is 0.292. The van der Waals surface area contributed by atoms with E-state index in [1.54, 1.807) is 30.5 Å². The molecule has 1 aliphatic heterocycles. The minimum atomic E-state index is -0.950. The largest absolute Gasteiger partial charge is 0.478 e. The zero-order valence-corrected chi connectivity index (χ0v) is 18.9. The molecule has 0 bridgehead atoms. The van der Waals surface area contributed by atoms with Gasteiger partial charge in [-0.05, 0) is 75.7 Å². The number of pyridine rings is 1. The van der Waals surface area contributed by atoms with Crippen LogP contribution in [0, 0.1) is 0 Å². The standard InChI is InChI=1S/C24H26N4O3S/c1-27(2)14-5-15-28-22(21(26-24(28)32)18-6-3-4-13-25-18)20-12-11-19(31-20)16-7-9-17(10-8-16)23(29)30/h3-4,6-13,21-22H,5,14-15H2,1-2H3,(H,26,32)(H,29,30)/t21-,22-/m1/s1. The molecule has 0 amide bonds. The lowest BCUT2D eigenvalue weighted by atomic mass is 10.0. The van der Waals surface area contributed by atoms with Gasteiger partial charge < -0.3 is 24.6 Å². The van der Waals surface area contributed by atoms with Crippen LogP contribution < -0.4 is 5.32 Å². The molecule has 1 fully saturated rings. The summed E-state index contributed by atoms with van der Waals surface area (Å²) in [4.78, 5) is 20.0. The summed E-state index contributed by atoms with van der Waals surface area (Å²) >= 11 is 5.69. The summed E-state index contributed by atoms with van der Waals surface area (Å²) in [6, 6.07) is 16.2. The molecule has 0 unspecified atom stereocenters. The quantitative estimate of drug-likeness (QED) is 0.499. The molecule has 0 radical (unpaired) electrons. The van der Waals surface area contributed by atoms with Crippen LogP contribution in [0.25, 0.3) is 11.3 Å². The molecule has 0 spiro atoms. The molecule has 7 nitrogen and oxygen atoms in total. The number of hydrogen-bond donors (Lipinski definition) is 2. The Labute approximate surface area is 192 Å². The van der Waals surface area contributed by atoms with Gasteiger partial charge in [0.25, 0.3) is 0 Å². The number of aromatic nitrogens is 1. The average Bonchev–Trinajstić information content (AvgIpc) is 3.39. The van der Waals surface area contributed by atoms with E-state index in [1.165, 1.54) is 0 Å². The van der Waals surface area contributed by atoms with Crippen LogP contribution in [0.4, 0.5) is 0 Å². The first kappa shape index (κ1) is 22.0. The van der Waals surface area contributed by atoms with E-state index in [2.05, 4.69) is 34.2 Å². The maximum absolute atomic E-state index is 11.1. The number of hydrogen-bond acceptors (Lipinski definition) is 5. The molecule has 166 valence electrons. The van der Waals surface area contributed by atoms with E-state index in [0.717, 1.165) is 36.5 Å². The Morgan fingerprint density at radius 2 is 1.97 bits per heavy atom. The number of benzene rings is 1. The van der Waals surface area contributed by atoms with Crippen molar-refractivity contribution in [1.82, 2.24) is 20.1 Å². The van der Waals surface area contributed by atoms with Crippen LogP contribution in [0.5, 0.6) is 0 Å². The number of aromatic carboxylic acids is 1. The molecule has 2 N–H and O–H groups in total. The van der Waals surface area contributed by atoms with Gasteiger partial charge in [0, 0.05) is 18.3 Å². The van der Waals surface area contributed by atoms with Crippen LogP contribution >= 0.6 is 12.2 Å². The van der Waals surface area contributed by atoms with Gasteiger partial charge in [0.1, 0.15) is 17.6 Å². The third kappa shape index (κ3) is 4.66. The summed E-state index contributed by atoms with van der Waals surface area (Å²) < 4.78 is 6.28. The van der Waals surface area contributed by atoms with Crippen molar-refractivity contribution in [3.63, 3.8) is 0 Å². The summed E-state index contributed by atoms with van der Waals surface area (Å²) in [5.41, 5.74) is 1.97. The zero-order chi connectivity index (χ0) is 22.7. The summed E-state index contributed by atoms with van der Waals surface area (Å²) in [7, 11) is 4.12. The van der Waals surface area contributed by atoms with Crippen LogP contribution in [0.3, 0.4) is 0 Å². The third-order valence-corrected chi connectivity index (χ3v) is 5.89. The second kappa shape index (κ2) is 9.50. The number of carbonyl (C=O) groups is 1. The van der Waals surface area contributed by atoms with E-state index in [9.17, 15) is 4.79 Å². The van der Waals surface area contributed by atoms with Crippen molar-refractivity contribution in [2.45, 2.75) is 18.5 Å². The highest BCUT2D eigenvalue weighted by atomic mass is 32.1. The maximum atomic E-state index is 11.1. The Morgan fingerprint density at radius 1 is 1.19 bits per heavy atom. The molecular weight excluding hydrogens is 424 g/mol. The maximum Gasteiger partial charge on any atom is 0.335 e. The molecule has 2 atom stereocenters. The first-order valence-corrected chi connectivity index (χ1v) is 10.9. The summed E-state index contributed by atoms with van der Waals surface area (Å²) in [5, 5.41) is 13.3. The fourth-order valence-electron chi connectivity index (χ4n) is 3.96. The molecule has 32 heavy (non-hydrogen) atoms. The predicted molar refractivity (Wildman–Crippen MR) is 126 cm³/mol. The monoisotopic (exact) mass is 450 g/mol. The normalized spacial score (nSPS) is 18.2. The smallest absolute Gasteiger partial charge is 0.335 e. The van der Waals surface area contributed by atoms with Crippen LogP contribution in [0.2, 0.25) is 0 Å². The van der Waals surface area contributed by atoms with E-state index < -0.39 is 5.97 Å². The molecule has 3 heterocycles. The fourth-order valence-corrected chi connectivity index (χ4v) is 4.29. The van der Waals surface area contributed by atoms with Crippen LogP contribution in [-0.2, 0) is 0 Å². The summed E-state index contributed by atoms with van der Waals surface area (Å²) in [6.45, 7) is 1.75. The first-order valence-electron chi connectivity index (χ1n) is 10.5. The van der Waals surface area contributed by atoms with Crippen molar-refractivity contribution in [2.75, 3.05) is 27.2 Å². The lowest BCUT2D eigenvalue weighted by Gasteiger charge is -2.26. The van der Waals surface area contributed by atoms with Gasteiger partial charge in [0.2, 0.25) is 0 Å². The van der Waals surface area contributed by atoms with Crippen LogP contribution in [0.1, 0.15) is 40.3 Å². The lowest BCUT2D eigenvalue weighted by Crippen LogP contribution is -2.32. The summed E-state index contributed by atoms with van der Waals surface area (Å²) in [6.07, 6.45) is 2.74. The van der Waals surface area contributed by atoms with Crippen molar-refractivity contribution >= 4 is 23.3 Å². The molecule has 1 saturated heterocycles. The van der Waals surface area contributed by atoms with E-state index >= 15 is 0 Å². The van der Waals surface area contributed by atoms with Crippen LogP contribution in [0.15, 0.2) is 65.2 Å².